The molecule has 2 aliphatic heterocycles. The molecule has 0 bridgehead atoms. The molecular formula is C47H54O2. The molecule has 0 N–H and O–H groups in total. The molecule has 2 fully saturated rings. The van der Waals surface area contributed by atoms with E-state index in [1.165, 1.54) is 54.9 Å². The largest absolute Gasteiger partial charge is 0.375 e. The lowest BCUT2D eigenvalue weighted by molar-refractivity contribution is 0.0627. The maximum Gasteiger partial charge on any atom is 0.0887 e. The number of ether oxygens (including phenoxy) is 2. The van der Waals surface area contributed by atoms with E-state index < -0.39 is 0 Å². The van der Waals surface area contributed by atoms with E-state index in [0.29, 0.717) is 35.9 Å². The monoisotopic (exact) mass is 650 g/mol. The van der Waals surface area contributed by atoms with E-state index in [0.717, 1.165) is 13.2 Å². The minimum atomic E-state index is 0. The summed E-state index contributed by atoms with van der Waals surface area (Å²) in [5.41, 5.74) is 8.23. The molecule has 0 aromatic heterocycles. The lowest BCUT2D eigenvalue weighted by atomic mass is 9.84. The van der Waals surface area contributed by atoms with Gasteiger partial charge in [-0.25, -0.2) is 0 Å². The van der Waals surface area contributed by atoms with Crippen LogP contribution in [0.3, 0.4) is 0 Å². The summed E-state index contributed by atoms with van der Waals surface area (Å²) in [7, 11) is 0. The minimum Gasteiger partial charge on any atom is -0.375 e. The molecule has 8 rings (SSSR count). The molecule has 6 atom stereocenters. The van der Waals surface area contributed by atoms with Crippen LogP contribution in [0.15, 0.2) is 133 Å². The average molecular weight is 651 g/mol. The first-order valence-corrected chi connectivity index (χ1v) is 17.6. The molecule has 2 nitrogen and oxygen atoms in total. The Hall–Kier alpha value is -4.24. The second-order valence-corrected chi connectivity index (χ2v) is 13.9. The van der Waals surface area contributed by atoms with Crippen molar-refractivity contribution < 1.29 is 9.47 Å². The highest BCUT2D eigenvalue weighted by molar-refractivity contribution is 6.07. The molecule has 2 heteroatoms. The average Bonchev–Trinajstić information content (AvgIpc) is 3.70. The zero-order chi connectivity index (χ0) is 33.6. The summed E-state index contributed by atoms with van der Waals surface area (Å²) in [4.78, 5) is 0. The molecule has 2 aliphatic rings. The summed E-state index contributed by atoms with van der Waals surface area (Å²) < 4.78 is 11.2. The van der Waals surface area contributed by atoms with Crippen LogP contribution in [-0.2, 0) is 9.47 Å². The predicted molar refractivity (Wildman–Crippen MR) is 211 cm³/mol. The van der Waals surface area contributed by atoms with Crippen molar-refractivity contribution in [1.82, 2.24) is 0 Å². The quantitative estimate of drug-likeness (QED) is 0.189. The van der Waals surface area contributed by atoms with Gasteiger partial charge in [0.05, 0.1) is 25.4 Å². The van der Waals surface area contributed by atoms with Crippen molar-refractivity contribution in [2.45, 2.75) is 73.0 Å². The Morgan fingerprint density at radius 1 is 0.469 bits per heavy atom. The van der Waals surface area contributed by atoms with Gasteiger partial charge in [0, 0.05) is 11.8 Å². The molecular weight excluding hydrogens is 597 g/mol. The number of rotatable bonds is 4. The van der Waals surface area contributed by atoms with E-state index in [4.69, 9.17) is 9.47 Å². The van der Waals surface area contributed by atoms with E-state index in [9.17, 15) is 0 Å². The zero-order valence-electron chi connectivity index (χ0n) is 29.4. The number of aryl methyl sites for hydroxylation is 2. The van der Waals surface area contributed by atoms with E-state index in [1.807, 2.05) is 0 Å². The van der Waals surface area contributed by atoms with Crippen LogP contribution in [0.4, 0.5) is 0 Å². The molecule has 0 spiro atoms. The van der Waals surface area contributed by atoms with Gasteiger partial charge in [-0.05, 0) is 80.6 Å². The van der Waals surface area contributed by atoms with Gasteiger partial charge in [-0.15, -0.1) is 0 Å². The predicted octanol–water partition coefficient (Wildman–Crippen LogP) is 12.6. The van der Waals surface area contributed by atoms with Crippen LogP contribution in [0.25, 0.3) is 32.7 Å². The lowest BCUT2D eigenvalue weighted by Gasteiger charge is -2.20. The molecule has 2 saturated heterocycles. The Morgan fingerprint density at radius 3 is 1.20 bits per heavy atom. The minimum absolute atomic E-state index is 0. The first kappa shape index (κ1) is 36.1. The Morgan fingerprint density at radius 2 is 0.816 bits per heavy atom. The van der Waals surface area contributed by atoms with Crippen molar-refractivity contribution in [3.63, 3.8) is 0 Å². The third kappa shape index (κ3) is 7.99. The number of benzene rings is 6. The van der Waals surface area contributed by atoms with Gasteiger partial charge in [0.25, 0.3) is 0 Å². The summed E-state index contributed by atoms with van der Waals surface area (Å²) in [6.45, 7) is 15.2. The van der Waals surface area contributed by atoms with Crippen LogP contribution in [0, 0.1) is 25.7 Å². The summed E-state index contributed by atoms with van der Waals surface area (Å²) in [5.74, 6) is 2.33. The van der Waals surface area contributed by atoms with Crippen molar-refractivity contribution in [3.8, 4) is 11.1 Å². The molecule has 0 unspecified atom stereocenters. The van der Waals surface area contributed by atoms with Crippen molar-refractivity contribution in [2.24, 2.45) is 11.8 Å². The fourth-order valence-corrected chi connectivity index (χ4v) is 7.40. The Labute approximate surface area is 295 Å². The highest BCUT2D eigenvalue weighted by atomic mass is 16.6. The Kier molecular flexibility index (Phi) is 12.1. The highest BCUT2D eigenvalue weighted by Gasteiger charge is 2.43. The van der Waals surface area contributed by atoms with Gasteiger partial charge in [0.2, 0.25) is 0 Å². The van der Waals surface area contributed by atoms with Gasteiger partial charge in [-0.1, -0.05) is 169 Å². The van der Waals surface area contributed by atoms with Gasteiger partial charge in [0.15, 0.2) is 0 Å². The second-order valence-electron chi connectivity index (χ2n) is 13.9. The Balaban J connectivity index is 0.000000152. The van der Waals surface area contributed by atoms with Crippen LogP contribution in [-0.4, -0.2) is 25.4 Å². The SMILES string of the molecule is C.C[C@@H]1CO[C@H]2[C@@H]1OC[C@@H]2C.C[C@H](c1ccccc1)[C@H](C)c1ccccc1.Cc1ccc2ccccc2c1-c1c(C)ccc2ccccc12. The molecule has 0 radical (unpaired) electrons. The van der Waals surface area contributed by atoms with E-state index in [-0.39, 0.29) is 7.43 Å². The van der Waals surface area contributed by atoms with Gasteiger partial charge >= 0.3 is 0 Å². The third-order valence-electron chi connectivity index (χ3n) is 10.5. The Bertz CT molecular complexity index is 1790. The van der Waals surface area contributed by atoms with Gasteiger partial charge in [-0.3, -0.25) is 0 Å². The number of fused-ring (bicyclic) bond motifs is 3. The van der Waals surface area contributed by atoms with Crippen LogP contribution in [0.2, 0.25) is 0 Å². The molecule has 6 aromatic rings. The lowest BCUT2D eigenvalue weighted by Crippen LogP contribution is -2.23. The number of hydrogen-bond donors (Lipinski definition) is 0. The zero-order valence-corrected chi connectivity index (χ0v) is 29.4. The van der Waals surface area contributed by atoms with Crippen LogP contribution >= 0.6 is 0 Å². The molecule has 0 aliphatic carbocycles. The normalized spacial score (nSPS) is 20.6. The summed E-state index contributed by atoms with van der Waals surface area (Å²) >= 11 is 0. The maximum absolute atomic E-state index is 5.58. The fraction of sp³-hybridized carbons (Fsp3) is 0.319. The summed E-state index contributed by atoms with van der Waals surface area (Å²) in [5, 5.41) is 5.27. The maximum atomic E-state index is 5.58. The first-order chi connectivity index (χ1) is 23.3. The molecule has 49 heavy (non-hydrogen) atoms. The summed E-state index contributed by atoms with van der Waals surface area (Å²) in [6, 6.07) is 47.7. The first-order valence-electron chi connectivity index (χ1n) is 17.6. The van der Waals surface area contributed by atoms with Crippen LogP contribution in [0.5, 0.6) is 0 Å². The van der Waals surface area contributed by atoms with Crippen molar-refractivity contribution in [1.29, 1.82) is 0 Å². The van der Waals surface area contributed by atoms with Gasteiger partial charge in [0.1, 0.15) is 0 Å². The number of hydrogen-bond acceptors (Lipinski definition) is 2. The third-order valence-corrected chi connectivity index (χ3v) is 10.5. The molecule has 2 heterocycles. The van der Waals surface area contributed by atoms with Crippen molar-refractivity contribution >= 4 is 21.5 Å². The van der Waals surface area contributed by atoms with E-state index in [1.54, 1.807) is 0 Å². The van der Waals surface area contributed by atoms with Crippen molar-refractivity contribution in [3.05, 3.63) is 156 Å². The molecule has 6 aromatic carbocycles. The topological polar surface area (TPSA) is 18.5 Å². The van der Waals surface area contributed by atoms with Crippen molar-refractivity contribution in [2.75, 3.05) is 13.2 Å². The molecule has 0 saturated carbocycles. The standard InChI is InChI=1S/C22H18.C16H18.C8H14O2.CH4/c1-15-11-13-17-7-3-5-9-19(17)21(15)22-16(2)12-14-18-8-4-6-10-20(18)22;1-13(15-9-5-3-6-10-15)14(2)16-11-7-4-8-12-16;1-5-3-9-8-6(2)4-10-7(5)8;/h3-14H,1-2H3;3-14H,1-2H3;5-8H,3-4H2,1-2H3;1H4/t;13-,14-;5-,6+,7-,8-;/m.01./s1. The fourth-order valence-electron chi connectivity index (χ4n) is 7.40. The van der Waals surface area contributed by atoms with E-state index >= 15 is 0 Å². The van der Waals surface area contributed by atoms with Crippen LogP contribution < -0.4 is 0 Å². The highest BCUT2D eigenvalue weighted by Crippen LogP contribution is 2.39. The molecule has 0 amide bonds. The second kappa shape index (κ2) is 16.4. The van der Waals surface area contributed by atoms with Crippen LogP contribution in [0.1, 0.15) is 69.2 Å². The van der Waals surface area contributed by atoms with Gasteiger partial charge < -0.3 is 9.47 Å². The van der Waals surface area contributed by atoms with E-state index in [2.05, 4.69) is 175 Å². The smallest absolute Gasteiger partial charge is 0.0887 e. The summed E-state index contributed by atoms with van der Waals surface area (Å²) in [6.07, 6.45) is 0.796. The molecule has 254 valence electrons. The van der Waals surface area contributed by atoms with Gasteiger partial charge in [-0.2, -0.15) is 0 Å².